The largest absolute Gasteiger partial charge is 0.352 e. The second kappa shape index (κ2) is 12.1. The first-order valence-corrected chi connectivity index (χ1v) is 11.8. The van der Waals surface area contributed by atoms with Gasteiger partial charge in [0.05, 0.1) is 10.9 Å². The maximum Gasteiger partial charge on any atom is 0.262 e. The number of nitrogens with one attached hydrogen (secondary N) is 3. The molecular formula is C25H30N4O3S. The number of fused-ring (bicyclic) bond motifs is 1. The second-order valence-corrected chi connectivity index (χ2v) is 8.40. The molecule has 174 valence electrons. The van der Waals surface area contributed by atoms with E-state index in [4.69, 9.17) is 12.2 Å². The third-order valence-electron chi connectivity index (χ3n) is 5.38. The van der Waals surface area contributed by atoms with E-state index in [1.807, 2.05) is 49.4 Å². The van der Waals surface area contributed by atoms with Crippen LogP contribution in [0.5, 0.6) is 0 Å². The highest BCUT2D eigenvalue weighted by molar-refractivity contribution is 7.71. The lowest BCUT2D eigenvalue weighted by atomic mass is 10.1. The number of aromatic amines is 1. The van der Waals surface area contributed by atoms with Gasteiger partial charge in [0.25, 0.3) is 5.56 Å². The summed E-state index contributed by atoms with van der Waals surface area (Å²) in [5.74, 6) is 0.00148. The van der Waals surface area contributed by atoms with Gasteiger partial charge in [-0.3, -0.25) is 19.0 Å². The van der Waals surface area contributed by atoms with Crippen LogP contribution in [0.4, 0.5) is 5.69 Å². The van der Waals surface area contributed by atoms with Gasteiger partial charge in [-0.05, 0) is 61.3 Å². The van der Waals surface area contributed by atoms with Crippen molar-refractivity contribution in [1.82, 2.24) is 14.9 Å². The molecule has 7 nitrogen and oxygen atoms in total. The van der Waals surface area contributed by atoms with Crippen LogP contribution in [0.3, 0.4) is 0 Å². The number of anilines is 1. The van der Waals surface area contributed by atoms with E-state index in [9.17, 15) is 14.4 Å². The summed E-state index contributed by atoms with van der Waals surface area (Å²) < 4.78 is 2.01. The number of hydrogen-bond acceptors (Lipinski definition) is 4. The van der Waals surface area contributed by atoms with Crippen LogP contribution in [-0.2, 0) is 22.7 Å². The van der Waals surface area contributed by atoms with Crippen LogP contribution in [0, 0.1) is 4.77 Å². The van der Waals surface area contributed by atoms with Gasteiger partial charge in [0.15, 0.2) is 4.77 Å². The molecule has 1 aromatic heterocycles. The Morgan fingerprint density at radius 3 is 2.48 bits per heavy atom. The van der Waals surface area contributed by atoms with Crippen molar-refractivity contribution in [3.63, 3.8) is 0 Å². The van der Waals surface area contributed by atoms with Gasteiger partial charge in [0.2, 0.25) is 11.8 Å². The Labute approximate surface area is 198 Å². The normalized spacial score (nSPS) is 10.8. The highest BCUT2D eigenvalue weighted by Gasteiger charge is 2.06. The zero-order valence-corrected chi connectivity index (χ0v) is 19.7. The van der Waals surface area contributed by atoms with E-state index in [-0.39, 0.29) is 17.4 Å². The highest BCUT2D eigenvalue weighted by atomic mass is 32.1. The Hall–Kier alpha value is -3.26. The van der Waals surface area contributed by atoms with Crippen molar-refractivity contribution in [1.29, 1.82) is 0 Å². The van der Waals surface area contributed by atoms with Crippen molar-refractivity contribution in [2.45, 2.75) is 58.5 Å². The SMILES string of the molecule is CCCC(=O)Nc1ccc(CNC(=O)CCCCCn2c(=S)[nH]c3ccccc3c2=O)cc1. The maximum atomic E-state index is 12.6. The molecule has 0 unspecified atom stereocenters. The van der Waals surface area contributed by atoms with Gasteiger partial charge in [0, 0.05) is 31.6 Å². The Morgan fingerprint density at radius 2 is 1.73 bits per heavy atom. The monoisotopic (exact) mass is 466 g/mol. The minimum Gasteiger partial charge on any atom is -0.352 e. The van der Waals surface area contributed by atoms with Crippen molar-refractivity contribution in [2.75, 3.05) is 5.32 Å². The molecule has 0 aliphatic carbocycles. The minimum absolute atomic E-state index is 0.00418. The van der Waals surface area contributed by atoms with E-state index < -0.39 is 0 Å². The molecule has 0 fully saturated rings. The number of aromatic nitrogens is 2. The molecule has 2 amide bonds. The van der Waals surface area contributed by atoms with Crippen molar-refractivity contribution < 1.29 is 9.59 Å². The molecule has 2 aromatic carbocycles. The van der Waals surface area contributed by atoms with E-state index in [2.05, 4.69) is 15.6 Å². The first-order chi connectivity index (χ1) is 16.0. The molecule has 0 radical (unpaired) electrons. The summed E-state index contributed by atoms with van der Waals surface area (Å²) in [6.07, 6.45) is 4.09. The van der Waals surface area contributed by atoms with E-state index in [0.717, 1.165) is 42.5 Å². The predicted molar refractivity (Wildman–Crippen MR) is 134 cm³/mol. The molecule has 3 aromatic rings. The summed E-state index contributed by atoms with van der Waals surface area (Å²) in [7, 11) is 0. The zero-order valence-electron chi connectivity index (χ0n) is 18.9. The van der Waals surface area contributed by atoms with Crippen LogP contribution in [0.15, 0.2) is 53.3 Å². The van der Waals surface area contributed by atoms with E-state index >= 15 is 0 Å². The highest BCUT2D eigenvalue weighted by Crippen LogP contribution is 2.11. The zero-order chi connectivity index (χ0) is 23.6. The number of carbonyl (C=O) groups is 2. The Kier molecular flexibility index (Phi) is 8.95. The van der Waals surface area contributed by atoms with Crippen LogP contribution in [0.1, 0.15) is 51.0 Å². The fourth-order valence-electron chi connectivity index (χ4n) is 3.58. The average molecular weight is 467 g/mol. The van der Waals surface area contributed by atoms with Crippen molar-refractivity contribution >= 4 is 40.6 Å². The van der Waals surface area contributed by atoms with Crippen LogP contribution in [0.25, 0.3) is 10.9 Å². The van der Waals surface area contributed by atoms with Crippen molar-refractivity contribution in [3.8, 4) is 0 Å². The second-order valence-electron chi connectivity index (χ2n) is 8.02. The molecule has 8 heteroatoms. The van der Waals surface area contributed by atoms with Gasteiger partial charge < -0.3 is 15.6 Å². The lowest BCUT2D eigenvalue weighted by Gasteiger charge is -2.09. The maximum absolute atomic E-state index is 12.6. The van der Waals surface area contributed by atoms with Crippen LogP contribution >= 0.6 is 12.2 Å². The van der Waals surface area contributed by atoms with Crippen LogP contribution < -0.4 is 16.2 Å². The molecular weight excluding hydrogens is 436 g/mol. The molecule has 3 N–H and O–H groups in total. The summed E-state index contributed by atoms with van der Waals surface area (Å²) in [6, 6.07) is 14.8. The van der Waals surface area contributed by atoms with E-state index in [0.29, 0.717) is 36.1 Å². The van der Waals surface area contributed by atoms with Crippen LogP contribution in [-0.4, -0.2) is 21.4 Å². The molecule has 3 rings (SSSR count). The van der Waals surface area contributed by atoms with Gasteiger partial charge >= 0.3 is 0 Å². The fraction of sp³-hybridized carbons (Fsp3) is 0.360. The molecule has 0 saturated carbocycles. The number of para-hydroxylation sites is 1. The topological polar surface area (TPSA) is 96.0 Å². The number of unbranched alkanes of at least 4 members (excludes halogenated alkanes) is 2. The molecule has 0 atom stereocenters. The van der Waals surface area contributed by atoms with Crippen LogP contribution in [0.2, 0.25) is 0 Å². The van der Waals surface area contributed by atoms with Gasteiger partial charge in [-0.2, -0.15) is 0 Å². The lowest BCUT2D eigenvalue weighted by molar-refractivity contribution is -0.121. The minimum atomic E-state index is -0.0805. The summed E-state index contributed by atoms with van der Waals surface area (Å²) in [4.78, 5) is 39.5. The molecule has 1 heterocycles. The number of carbonyl (C=O) groups excluding carboxylic acids is 2. The summed E-state index contributed by atoms with van der Waals surface area (Å²) in [5, 5.41) is 6.40. The van der Waals surface area contributed by atoms with Crippen molar-refractivity contribution in [3.05, 3.63) is 69.2 Å². The van der Waals surface area contributed by atoms with Gasteiger partial charge in [0.1, 0.15) is 0 Å². The molecule has 0 aliphatic rings. The number of rotatable bonds is 11. The predicted octanol–water partition coefficient (Wildman–Crippen LogP) is 4.67. The summed E-state index contributed by atoms with van der Waals surface area (Å²) in [5.41, 5.74) is 2.40. The summed E-state index contributed by atoms with van der Waals surface area (Å²) >= 11 is 5.33. The molecule has 0 bridgehead atoms. The van der Waals surface area contributed by atoms with Gasteiger partial charge in [-0.25, -0.2) is 0 Å². The number of benzene rings is 2. The number of nitrogens with zero attached hydrogens (tertiary/aromatic N) is 1. The molecule has 33 heavy (non-hydrogen) atoms. The smallest absolute Gasteiger partial charge is 0.262 e. The number of hydrogen-bond donors (Lipinski definition) is 3. The van der Waals surface area contributed by atoms with Crippen molar-refractivity contribution in [2.24, 2.45) is 0 Å². The average Bonchev–Trinajstić information content (AvgIpc) is 2.80. The number of H-pyrrole nitrogens is 1. The summed E-state index contributed by atoms with van der Waals surface area (Å²) in [6.45, 7) is 2.94. The Balaban J connectivity index is 1.37. The standard InChI is InChI=1S/C25H30N4O3S/c1-2-8-23(31)27-19-14-12-18(13-15-19)17-26-22(30)11-4-3-7-16-29-24(32)20-9-5-6-10-21(20)28-25(29)33/h5-6,9-10,12-15H,2-4,7-8,11,16-17H2,1H3,(H,26,30)(H,27,31)(H,28,33). The molecule has 0 aliphatic heterocycles. The first kappa shape index (κ1) is 24.4. The Bertz CT molecular complexity index is 1210. The third kappa shape index (κ3) is 7.12. The fourth-order valence-corrected chi connectivity index (χ4v) is 3.86. The van der Waals surface area contributed by atoms with Gasteiger partial charge in [-0.15, -0.1) is 0 Å². The van der Waals surface area contributed by atoms with E-state index in [1.54, 1.807) is 10.6 Å². The quantitative estimate of drug-likeness (QED) is 0.283. The lowest BCUT2D eigenvalue weighted by Crippen LogP contribution is -2.23. The molecule has 0 spiro atoms. The van der Waals surface area contributed by atoms with E-state index in [1.165, 1.54) is 0 Å². The third-order valence-corrected chi connectivity index (χ3v) is 5.70. The number of amides is 2. The molecule has 0 saturated heterocycles. The Morgan fingerprint density at radius 1 is 0.970 bits per heavy atom. The van der Waals surface area contributed by atoms with Gasteiger partial charge in [-0.1, -0.05) is 37.6 Å². The first-order valence-electron chi connectivity index (χ1n) is 11.3.